The first-order valence-corrected chi connectivity index (χ1v) is 8.99. The molecule has 2 heterocycles. The van der Waals surface area contributed by atoms with Crippen LogP contribution in [0, 0.1) is 0 Å². The zero-order chi connectivity index (χ0) is 20.5. The van der Waals surface area contributed by atoms with Gasteiger partial charge in [0.1, 0.15) is 6.04 Å². The van der Waals surface area contributed by atoms with Crippen LogP contribution >= 0.6 is 11.6 Å². The van der Waals surface area contributed by atoms with Gasteiger partial charge in [0.15, 0.2) is 5.82 Å². The Morgan fingerprint density at radius 1 is 1.43 bits per heavy atom. The second-order valence-corrected chi connectivity index (χ2v) is 6.76. The number of rotatable bonds is 5. The van der Waals surface area contributed by atoms with E-state index in [9.17, 15) is 22.8 Å². The molecule has 150 valence electrons. The number of nitrogens with one attached hydrogen (secondary N) is 2. The predicted octanol–water partition coefficient (Wildman–Crippen LogP) is 3.81. The molecule has 3 rings (SSSR count). The Morgan fingerprint density at radius 2 is 2.18 bits per heavy atom. The van der Waals surface area contributed by atoms with Gasteiger partial charge in [-0.1, -0.05) is 24.9 Å². The lowest BCUT2D eigenvalue weighted by Gasteiger charge is -2.22. The highest BCUT2D eigenvalue weighted by atomic mass is 35.5. The van der Waals surface area contributed by atoms with Crippen molar-refractivity contribution in [1.29, 1.82) is 0 Å². The van der Waals surface area contributed by atoms with E-state index in [0.29, 0.717) is 12.2 Å². The van der Waals surface area contributed by atoms with Gasteiger partial charge >= 0.3 is 6.18 Å². The minimum atomic E-state index is -4.66. The lowest BCUT2D eigenvalue weighted by atomic mass is 10.1. The van der Waals surface area contributed by atoms with E-state index >= 15 is 0 Å². The van der Waals surface area contributed by atoms with Crippen molar-refractivity contribution in [1.82, 2.24) is 14.8 Å². The molecule has 0 saturated carbocycles. The second kappa shape index (κ2) is 7.78. The summed E-state index contributed by atoms with van der Waals surface area (Å²) >= 11 is 5.59. The van der Waals surface area contributed by atoms with Gasteiger partial charge in [-0.25, -0.2) is 4.68 Å². The average molecular weight is 416 g/mol. The minimum Gasteiger partial charge on any atom is -0.324 e. The third-order valence-corrected chi connectivity index (χ3v) is 4.53. The highest BCUT2D eigenvalue weighted by Gasteiger charge is 2.35. The van der Waals surface area contributed by atoms with Crippen LogP contribution in [-0.2, 0) is 22.2 Å². The molecular weight excluding hydrogens is 399 g/mol. The fraction of sp³-hybridized carbons (Fsp3) is 0.412. The van der Waals surface area contributed by atoms with E-state index in [1.54, 1.807) is 0 Å². The number of hydrogen-bond donors (Lipinski definition) is 2. The first-order chi connectivity index (χ1) is 13.2. The Morgan fingerprint density at radius 3 is 2.86 bits per heavy atom. The SMILES string of the molecule is CCCCc1nc2n(n1)[C@@H](C(=O)Nc1ccc(Cl)c(C(F)(F)F)c1)CC(=O)N2. The molecule has 0 fully saturated rings. The zero-order valence-corrected chi connectivity index (χ0v) is 15.6. The molecule has 28 heavy (non-hydrogen) atoms. The third kappa shape index (κ3) is 4.27. The molecule has 2 aromatic rings. The van der Waals surface area contributed by atoms with Gasteiger partial charge in [-0.3, -0.25) is 14.9 Å². The number of aromatic nitrogens is 3. The highest BCUT2D eigenvalue weighted by molar-refractivity contribution is 6.31. The summed E-state index contributed by atoms with van der Waals surface area (Å²) in [6.45, 7) is 2.01. The molecule has 2 N–H and O–H groups in total. The molecule has 0 aliphatic carbocycles. The molecule has 1 aromatic carbocycles. The van der Waals surface area contributed by atoms with Crippen LogP contribution in [0.4, 0.5) is 24.8 Å². The van der Waals surface area contributed by atoms with E-state index in [1.807, 2.05) is 6.92 Å². The number of aryl methyl sites for hydroxylation is 1. The van der Waals surface area contributed by atoms with E-state index < -0.39 is 34.6 Å². The summed E-state index contributed by atoms with van der Waals surface area (Å²) in [6.07, 6.45) is -2.49. The van der Waals surface area contributed by atoms with E-state index in [0.717, 1.165) is 25.0 Å². The molecule has 0 radical (unpaired) electrons. The van der Waals surface area contributed by atoms with Crippen LogP contribution in [0.3, 0.4) is 0 Å². The van der Waals surface area contributed by atoms with E-state index in [-0.39, 0.29) is 18.1 Å². The van der Waals surface area contributed by atoms with Crippen LogP contribution in [0.15, 0.2) is 18.2 Å². The van der Waals surface area contributed by atoms with Crippen LogP contribution in [0.5, 0.6) is 0 Å². The normalized spacial score (nSPS) is 16.5. The number of benzene rings is 1. The van der Waals surface area contributed by atoms with E-state index in [4.69, 9.17) is 11.6 Å². The second-order valence-electron chi connectivity index (χ2n) is 6.35. The molecule has 1 aromatic heterocycles. The number of fused-ring (bicyclic) bond motifs is 1. The Labute approximate surface area is 163 Å². The van der Waals surface area contributed by atoms with Crippen LogP contribution in [0.2, 0.25) is 5.02 Å². The lowest BCUT2D eigenvalue weighted by molar-refractivity contribution is -0.137. The summed E-state index contributed by atoms with van der Waals surface area (Å²) in [4.78, 5) is 28.8. The number of halogens is 4. The molecular formula is C17H17ClF3N5O2. The largest absolute Gasteiger partial charge is 0.417 e. The quantitative estimate of drug-likeness (QED) is 0.777. The molecule has 0 saturated heterocycles. The summed E-state index contributed by atoms with van der Waals surface area (Å²) in [5.74, 6) is -0.454. The Balaban J connectivity index is 1.84. The highest BCUT2D eigenvalue weighted by Crippen LogP contribution is 2.36. The van der Waals surface area contributed by atoms with Crippen LogP contribution < -0.4 is 10.6 Å². The number of hydrogen-bond acceptors (Lipinski definition) is 4. The molecule has 1 aliphatic rings. The molecule has 1 aliphatic heterocycles. The van der Waals surface area contributed by atoms with E-state index in [2.05, 4.69) is 20.7 Å². The maximum atomic E-state index is 13.0. The van der Waals surface area contributed by atoms with Crippen molar-refractivity contribution < 1.29 is 22.8 Å². The van der Waals surface area contributed by atoms with Gasteiger partial charge in [-0.15, -0.1) is 0 Å². The number of amides is 2. The molecule has 0 spiro atoms. The third-order valence-electron chi connectivity index (χ3n) is 4.20. The number of nitrogens with zero attached hydrogens (tertiary/aromatic N) is 3. The van der Waals surface area contributed by atoms with Crippen molar-refractivity contribution in [2.75, 3.05) is 10.6 Å². The number of carbonyl (C=O) groups excluding carboxylic acids is 2. The van der Waals surface area contributed by atoms with Crippen molar-refractivity contribution in [2.45, 2.75) is 44.8 Å². The smallest absolute Gasteiger partial charge is 0.324 e. The van der Waals surface area contributed by atoms with Crippen molar-refractivity contribution in [3.05, 3.63) is 34.6 Å². The van der Waals surface area contributed by atoms with Crippen molar-refractivity contribution >= 4 is 35.1 Å². The summed E-state index contributed by atoms with van der Waals surface area (Å²) in [5.41, 5.74) is -1.14. The summed E-state index contributed by atoms with van der Waals surface area (Å²) in [7, 11) is 0. The van der Waals surface area contributed by atoms with Crippen molar-refractivity contribution in [2.24, 2.45) is 0 Å². The molecule has 1 atom stereocenters. The van der Waals surface area contributed by atoms with Crippen LogP contribution in [0.1, 0.15) is 43.6 Å². The Bertz CT molecular complexity index is 913. The van der Waals surface area contributed by atoms with Gasteiger partial charge in [0, 0.05) is 12.1 Å². The standard InChI is InChI=1S/C17H17ClF3N5O2/c1-2-3-4-13-23-16-24-14(27)8-12(26(16)25-13)15(28)22-9-5-6-11(18)10(7-9)17(19,20)21/h5-7,12H,2-4,8H2,1H3,(H,22,28)(H,23,24,25,27)/t12-/m1/s1. The molecule has 7 nitrogen and oxygen atoms in total. The molecule has 0 unspecified atom stereocenters. The Kier molecular flexibility index (Phi) is 5.59. The molecule has 2 amide bonds. The maximum absolute atomic E-state index is 13.0. The van der Waals surface area contributed by atoms with Gasteiger partial charge in [-0.2, -0.15) is 23.3 Å². The van der Waals surface area contributed by atoms with Gasteiger partial charge in [0.25, 0.3) is 0 Å². The average Bonchev–Trinajstić information content (AvgIpc) is 3.02. The van der Waals surface area contributed by atoms with Crippen LogP contribution in [-0.4, -0.2) is 26.6 Å². The maximum Gasteiger partial charge on any atom is 0.417 e. The zero-order valence-electron chi connectivity index (χ0n) is 14.8. The predicted molar refractivity (Wildman–Crippen MR) is 96.0 cm³/mol. The van der Waals surface area contributed by atoms with Crippen LogP contribution in [0.25, 0.3) is 0 Å². The Hall–Kier alpha value is -2.62. The number of alkyl halides is 3. The first kappa shape index (κ1) is 20.1. The van der Waals surface area contributed by atoms with E-state index in [1.165, 1.54) is 10.7 Å². The van der Waals surface area contributed by atoms with Gasteiger partial charge in [-0.05, 0) is 24.6 Å². The number of unbranched alkanes of at least 4 members (excludes halogenated alkanes) is 1. The monoisotopic (exact) mass is 415 g/mol. The molecule has 0 bridgehead atoms. The van der Waals surface area contributed by atoms with Gasteiger partial charge in [0.05, 0.1) is 17.0 Å². The fourth-order valence-electron chi connectivity index (χ4n) is 2.80. The number of anilines is 2. The van der Waals surface area contributed by atoms with Gasteiger partial charge in [0.2, 0.25) is 17.8 Å². The van der Waals surface area contributed by atoms with Crippen molar-refractivity contribution in [3.8, 4) is 0 Å². The topological polar surface area (TPSA) is 88.9 Å². The summed E-state index contributed by atoms with van der Waals surface area (Å²) in [5, 5.41) is 8.74. The summed E-state index contributed by atoms with van der Waals surface area (Å²) in [6, 6.07) is 2.04. The number of carbonyl (C=O) groups is 2. The minimum absolute atomic E-state index is 0.0828. The first-order valence-electron chi connectivity index (χ1n) is 8.62. The molecule has 11 heteroatoms. The summed E-state index contributed by atoms with van der Waals surface area (Å²) < 4.78 is 40.3. The fourth-order valence-corrected chi connectivity index (χ4v) is 3.02. The van der Waals surface area contributed by atoms with Crippen molar-refractivity contribution in [3.63, 3.8) is 0 Å². The lowest BCUT2D eigenvalue weighted by Crippen LogP contribution is -2.36. The van der Waals surface area contributed by atoms with Gasteiger partial charge < -0.3 is 5.32 Å².